The molecule has 1 N–H and O–H groups in total. The zero-order chi connectivity index (χ0) is 11.4. The van der Waals surface area contributed by atoms with Crippen LogP contribution in [0.2, 0.25) is 0 Å². The van der Waals surface area contributed by atoms with Crippen molar-refractivity contribution >= 4 is 5.97 Å². The molecule has 0 aliphatic carbocycles. The first-order valence-corrected chi connectivity index (χ1v) is 4.10. The number of aliphatic carboxylic acids is 1. The molecular weight excluding hydrogens is 204 g/mol. The summed E-state index contributed by atoms with van der Waals surface area (Å²) >= 11 is 0. The van der Waals surface area contributed by atoms with E-state index in [1.165, 1.54) is 0 Å². The van der Waals surface area contributed by atoms with Gasteiger partial charge in [-0.25, -0.2) is 8.78 Å². The van der Waals surface area contributed by atoms with Crippen LogP contribution in [0.15, 0.2) is 18.2 Å². The number of nitrogens with zero attached hydrogens (tertiary/aromatic N) is 1. The van der Waals surface area contributed by atoms with E-state index >= 15 is 0 Å². The van der Waals surface area contributed by atoms with Gasteiger partial charge in [-0.3, -0.25) is 4.79 Å². The fourth-order valence-electron chi connectivity index (χ4n) is 1.15. The van der Waals surface area contributed by atoms with Gasteiger partial charge in [0, 0.05) is 6.07 Å². The molecule has 0 aliphatic rings. The average Bonchev–Trinajstić information content (AvgIpc) is 2.12. The van der Waals surface area contributed by atoms with Crippen LogP contribution in [0.4, 0.5) is 8.78 Å². The van der Waals surface area contributed by atoms with Crippen molar-refractivity contribution in [3.05, 3.63) is 35.4 Å². The molecule has 1 unspecified atom stereocenters. The molecule has 15 heavy (non-hydrogen) atoms. The lowest BCUT2D eigenvalue weighted by Crippen LogP contribution is -2.14. The van der Waals surface area contributed by atoms with Crippen molar-refractivity contribution in [1.82, 2.24) is 0 Å². The maximum absolute atomic E-state index is 12.7. The Morgan fingerprint density at radius 3 is 2.33 bits per heavy atom. The summed E-state index contributed by atoms with van der Waals surface area (Å²) in [5.41, 5.74) is 0.154. The molecule has 0 spiro atoms. The third kappa shape index (κ3) is 3.02. The second kappa shape index (κ2) is 4.51. The van der Waals surface area contributed by atoms with Crippen LogP contribution in [0.1, 0.15) is 5.56 Å². The zero-order valence-electron chi connectivity index (χ0n) is 7.58. The molecule has 0 aliphatic heterocycles. The predicted molar refractivity (Wildman–Crippen MR) is 46.8 cm³/mol. The third-order valence-electron chi connectivity index (χ3n) is 1.82. The topological polar surface area (TPSA) is 61.1 Å². The molecule has 0 saturated carbocycles. The molecule has 0 heterocycles. The molecule has 78 valence electrons. The van der Waals surface area contributed by atoms with Crippen LogP contribution < -0.4 is 0 Å². The molecular formula is C10H7F2NO2. The molecule has 1 aromatic rings. The number of hydrogen-bond donors (Lipinski definition) is 1. The van der Waals surface area contributed by atoms with Gasteiger partial charge in [0.2, 0.25) is 0 Å². The minimum absolute atomic E-state index is 0.154. The summed E-state index contributed by atoms with van der Waals surface area (Å²) in [4.78, 5) is 10.5. The first kappa shape index (κ1) is 11.1. The Kier molecular flexibility index (Phi) is 3.34. The standard InChI is InChI=1S/C10H7F2NO2/c11-8-2-6(3-9(12)4-8)1-7(5-13)10(14)15/h2-4,7H,1H2,(H,14,15). The lowest BCUT2D eigenvalue weighted by Gasteiger charge is -2.04. The molecule has 0 amide bonds. The predicted octanol–water partition coefficient (Wildman–Crippen LogP) is 1.73. The van der Waals surface area contributed by atoms with Gasteiger partial charge in [0.05, 0.1) is 6.07 Å². The second-order valence-electron chi connectivity index (χ2n) is 3.00. The Hall–Kier alpha value is -1.96. The summed E-state index contributed by atoms with van der Waals surface area (Å²) in [7, 11) is 0. The van der Waals surface area contributed by atoms with Crippen molar-refractivity contribution < 1.29 is 18.7 Å². The number of rotatable bonds is 3. The maximum Gasteiger partial charge on any atom is 0.321 e. The van der Waals surface area contributed by atoms with E-state index in [1.54, 1.807) is 6.07 Å². The summed E-state index contributed by atoms with van der Waals surface area (Å²) in [6.07, 6.45) is -0.208. The molecule has 3 nitrogen and oxygen atoms in total. The summed E-state index contributed by atoms with van der Waals surface area (Å²) in [5, 5.41) is 17.0. The third-order valence-corrected chi connectivity index (χ3v) is 1.82. The number of carbonyl (C=O) groups is 1. The lowest BCUT2D eigenvalue weighted by atomic mass is 10.0. The van der Waals surface area contributed by atoms with E-state index in [1.807, 2.05) is 0 Å². The zero-order valence-corrected chi connectivity index (χ0v) is 7.58. The molecule has 1 atom stereocenters. The SMILES string of the molecule is N#CC(Cc1cc(F)cc(F)c1)C(=O)O. The molecule has 1 rings (SSSR count). The van der Waals surface area contributed by atoms with E-state index in [9.17, 15) is 13.6 Å². The van der Waals surface area contributed by atoms with Gasteiger partial charge in [0.15, 0.2) is 0 Å². The minimum atomic E-state index is -1.30. The van der Waals surface area contributed by atoms with E-state index in [-0.39, 0.29) is 12.0 Å². The van der Waals surface area contributed by atoms with Crippen LogP contribution in [0.5, 0.6) is 0 Å². The highest BCUT2D eigenvalue weighted by molar-refractivity contribution is 5.73. The van der Waals surface area contributed by atoms with Crippen LogP contribution in [0.25, 0.3) is 0 Å². The molecule has 0 radical (unpaired) electrons. The van der Waals surface area contributed by atoms with Gasteiger partial charge >= 0.3 is 5.97 Å². The van der Waals surface area contributed by atoms with E-state index in [2.05, 4.69) is 0 Å². The summed E-state index contributed by atoms with van der Waals surface area (Å²) in [6, 6.07) is 4.25. The van der Waals surface area contributed by atoms with Crippen molar-refractivity contribution in [3.63, 3.8) is 0 Å². The first-order chi connectivity index (χ1) is 7.02. The van der Waals surface area contributed by atoms with Gasteiger partial charge in [-0.1, -0.05) is 0 Å². The Morgan fingerprint density at radius 1 is 1.40 bits per heavy atom. The fourth-order valence-corrected chi connectivity index (χ4v) is 1.15. The molecule has 5 heteroatoms. The summed E-state index contributed by atoms with van der Waals surface area (Å²) in [6.45, 7) is 0. The van der Waals surface area contributed by atoms with E-state index in [0.717, 1.165) is 12.1 Å². The van der Waals surface area contributed by atoms with E-state index in [0.29, 0.717) is 6.07 Å². The van der Waals surface area contributed by atoms with Crippen molar-refractivity contribution in [2.75, 3.05) is 0 Å². The minimum Gasteiger partial charge on any atom is -0.480 e. The molecule has 0 aromatic heterocycles. The normalized spacial score (nSPS) is 11.8. The van der Waals surface area contributed by atoms with Crippen LogP contribution in [-0.4, -0.2) is 11.1 Å². The van der Waals surface area contributed by atoms with E-state index in [4.69, 9.17) is 10.4 Å². The molecule has 0 bridgehead atoms. The monoisotopic (exact) mass is 211 g/mol. The van der Waals surface area contributed by atoms with E-state index < -0.39 is 23.5 Å². The van der Waals surface area contributed by atoms with Gasteiger partial charge in [-0.2, -0.15) is 5.26 Å². The van der Waals surface area contributed by atoms with Gasteiger partial charge in [0.25, 0.3) is 0 Å². The van der Waals surface area contributed by atoms with Gasteiger partial charge in [-0.05, 0) is 24.1 Å². The highest BCUT2D eigenvalue weighted by atomic mass is 19.1. The highest BCUT2D eigenvalue weighted by Crippen LogP contribution is 2.12. The molecule has 0 saturated heterocycles. The Morgan fingerprint density at radius 2 is 1.93 bits per heavy atom. The van der Waals surface area contributed by atoms with Crippen LogP contribution in [-0.2, 0) is 11.2 Å². The summed E-state index contributed by atoms with van der Waals surface area (Å²) in [5.74, 6) is -4.16. The second-order valence-corrected chi connectivity index (χ2v) is 3.00. The Labute approximate surface area is 84.6 Å². The Balaban J connectivity index is 2.89. The number of carboxylic acids is 1. The average molecular weight is 211 g/mol. The smallest absolute Gasteiger partial charge is 0.321 e. The van der Waals surface area contributed by atoms with Gasteiger partial charge in [0.1, 0.15) is 17.6 Å². The number of hydrogen-bond acceptors (Lipinski definition) is 2. The van der Waals surface area contributed by atoms with Crippen LogP contribution in [0.3, 0.4) is 0 Å². The number of nitriles is 1. The Bertz CT molecular complexity index is 406. The molecule has 0 fully saturated rings. The highest BCUT2D eigenvalue weighted by Gasteiger charge is 2.17. The fraction of sp³-hybridized carbons (Fsp3) is 0.200. The molecule has 1 aromatic carbocycles. The number of halogens is 2. The quantitative estimate of drug-likeness (QED) is 0.828. The van der Waals surface area contributed by atoms with Crippen molar-refractivity contribution in [3.8, 4) is 6.07 Å². The maximum atomic E-state index is 12.7. The van der Waals surface area contributed by atoms with Crippen LogP contribution >= 0.6 is 0 Å². The largest absolute Gasteiger partial charge is 0.480 e. The van der Waals surface area contributed by atoms with Crippen LogP contribution in [0, 0.1) is 28.9 Å². The lowest BCUT2D eigenvalue weighted by molar-refractivity contribution is -0.139. The summed E-state index contributed by atoms with van der Waals surface area (Å²) < 4.78 is 25.4. The van der Waals surface area contributed by atoms with Crippen molar-refractivity contribution in [2.24, 2.45) is 5.92 Å². The number of benzene rings is 1. The van der Waals surface area contributed by atoms with Crippen molar-refractivity contribution in [1.29, 1.82) is 5.26 Å². The van der Waals surface area contributed by atoms with Crippen molar-refractivity contribution in [2.45, 2.75) is 6.42 Å². The number of carboxylic acid groups (broad SMARTS) is 1. The van der Waals surface area contributed by atoms with Gasteiger partial charge in [-0.15, -0.1) is 0 Å². The van der Waals surface area contributed by atoms with Gasteiger partial charge < -0.3 is 5.11 Å². The first-order valence-electron chi connectivity index (χ1n) is 4.10.